The summed E-state index contributed by atoms with van der Waals surface area (Å²) >= 11 is 0. The van der Waals surface area contributed by atoms with E-state index in [2.05, 4.69) is 0 Å². The molecule has 1 amide bonds. The molecule has 0 spiro atoms. The van der Waals surface area contributed by atoms with Crippen LogP contribution in [0.15, 0.2) is 16.5 Å². The SMILES string of the molecule is CCc1ccc(C(=O)N2CCC(C(=O)O)C2C)o1. The van der Waals surface area contributed by atoms with E-state index in [0.29, 0.717) is 18.7 Å². The highest BCUT2D eigenvalue weighted by molar-refractivity contribution is 5.92. The highest BCUT2D eigenvalue weighted by Crippen LogP contribution is 2.26. The van der Waals surface area contributed by atoms with E-state index < -0.39 is 11.9 Å². The maximum absolute atomic E-state index is 12.2. The van der Waals surface area contributed by atoms with Crippen LogP contribution in [0.4, 0.5) is 0 Å². The van der Waals surface area contributed by atoms with Gasteiger partial charge in [-0.25, -0.2) is 0 Å². The molecule has 98 valence electrons. The molecule has 1 aromatic heterocycles. The molecule has 1 N–H and O–H groups in total. The van der Waals surface area contributed by atoms with Crippen LogP contribution in [-0.2, 0) is 11.2 Å². The fourth-order valence-electron chi connectivity index (χ4n) is 2.38. The number of aryl methyl sites for hydroxylation is 1. The van der Waals surface area contributed by atoms with Crippen molar-refractivity contribution in [1.82, 2.24) is 4.90 Å². The summed E-state index contributed by atoms with van der Waals surface area (Å²) in [6, 6.07) is 3.15. The summed E-state index contributed by atoms with van der Waals surface area (Å²) in [5.41, 5.74) is 0. The molecule has 1 aromatic rings. The molecule has 0 saturated carbocycles. The molecule has 5 heteroatoms. The number of carbonyl (C=O) groups excluding carboxylic acids is 1. The molecule has 18 heavy (non-hydrogen) atoms. The number of rotatable bonds is 3. The number of amides is 1. The Morgan fingerprint density at radius 3 is 2.72 bits per heavy atom. The molecular weight excluding hydrogens is 234 g/mol. The summed E-state index contributed by atoms with van der Waals surface area (Å²) in [6.07, 6.45) is 1.24. The fourth-order valence-corrected chi connectivity index (χ4v) is 2.38. The lowest BCUT2D eigenvalue weighted by Gasteiger charge is -2.22. The highest BCUT2D eigenvalue weighted by Gasteiger charge is 2.39. The predicted octanol–water partition coefficient (Wildman–Crippen LogP) is 1.78. The zero-order valence-electron chi connectivity index (χ0n) is 10.5. The molecule has 1 aliphatic rings. The van der Waals surface area contributed by atoms with Crippen molar-refractivity contribution in [3.8, 4) is 0 Å². The number of furan rings is 1. The van der Waals surface area contributed by atoms with Crippen molar-refractivity contribution in [1.29, 1.82) is 0 Å². The minimum atomic E-state index is -0.841. The smallest absolute Gasteiger partial charge is 0.308 e. The van der Waals surface area contributed by atoms with Crippen LogP contribution >= 0.6 is 0 Å². The normalized spacial score (nSPS) is 23.3. The monoisotopic (exact) mass is 251 g/mol. The number of hydrogen-bond acceptors (Lipinski definition) is 3. The second-order valence-corrected chi connectivity index (χ2v) is 4.59. The van der Waals surface area contributed by atoms with Crippen LogP contribution in [0.25, 0.3) is 0 Å². The van der Waals surface area contributed by atoms with Crippen molar-refractivity contribution in [3.63, 3.8) is 0 Å². The van der Waals surface area contributed by atoms with Gasteiger partial charge in [0.2, 0.25) is 0 Å². The summed E-state index contributed by atoms with van der Waals surface area (Å²) in [6.45, 7) is 4.19. The van der Waals surface area contributed by atoms with E-state index in [1.807, 2.05) is 6.92 Å². The van der Waals surface area contributed by atoms with E-state index >= 15 is 0 Å². The first-order valence-electron chi connectivity index (χ1n) is 6.17. The number of carboxylic acid groups (broad SMARTS) is 1. The van der Waals surface area contributed by atoms with Crippen LogP contribution in [0.2, 0.25) is 0 Å². The van der Waals surface area contributed by atoms with Gasteiger partial charge in [0.25, 0.3) is 5.91 Å². The Morgan fingerprint density at radius 2 is 2.22 bits per heavy atom. The van der Waals surface area contributed by atoms with Gasteiger partial charge in [0, 0.05) is 19.0 Å². The number of aliphatic carboxylic acids is 1. The van der Waals surface area contributed by atoms with Crippen molar-refractivity contribution in [2.24, 2.45) is 5.92 Å². The number of carbonyl (C=O) groups is 2. The van der Waals surface area contributed by atoms with Gasteiger partial charge >= 0.3 is 5.97 Å². The Labute approximate surface area is 105 Å². The largest absolute Gasteiger partial charge is 0.481 e. The summed E-state index contributed by atoms with van der Waals surface area (Å²) < 4.78 is 5.41. The van der Waals surface area contributed by atoms with Gasteiger partial charge in [-0.15, -0.1) is 0 Å². The van der Waals surface area contributed by atoms with Gasteiger partial charge in [-0.3, -0.25) is 9.59 Å². The third-order valence-corrected chi connectivity index (χ3v) is 3.55. The molecule has 2 heterocycles. The molecule has 5 nitrogen and oxygen atoms in total. The van der Waals surface area contributed by atoms with Gasteiger partial charge in [0.05, 0.1) is 5.92 Å². The summed E-state index contributed by atoms with van der Waals surface area (Å²) in [5, 5.41) is 9.03. The van der Waals surface area contributed by atoms with Gasteiger partial charge in [-0.2, -0.15) is 0 Å². The maximum atomic E-state index is 12.2. The number of carboxylic acids is 1. The topological polar surface area (TPSA) is 70.8 Å². The van der Waals surface area contributed by atoms with Crippen LogP contribution < -0.4 is 0 Å². The molecule has 1 saturated heterocycles. The molecule has 1 aliphatic heterocycles. The number of hydrogen-bond donors (Lipinski definition) is 1. The van der Waals surface area contributed by atoms with Crippen molar-refractivity contribution < 1.29 is 19.1 Å². The fraction of sp³-hybridized carbons (Fsp3) is 0.538. The van der Waals surface area contributed by atoms with E-state index in [1.54, 1.807) is 24.0 Å². The molecule has 0 aromatic carbocycles. The average Bonchev–Trinajstić information content (AvgIpc) is 2.94. The van der Waals surface area contributed by atoms with Crippen molar-refractivity contribution >= 4 is 11.9 Å². The van der Waals surface area contributed by atoms with Crippen molar-refractivity contribution in [2.45, 2.75) is 32.7 Å². The lowest BCUT2D eigenvalue weighted by molar-refractivity contribution is -0.142. The Bertz CT molecular complexity index is 465. The molecular formula is C13H17NO4. The quantitative estimate of drug-likeness (QED) is 0.888. The minimum absolute atomic E-state index is 0.217. The lowest BCUT2D eigenvalue weighted by Crippen LogP contribution is -2.37. The third-order valence-electron chi connectivity index (χ3n) is 3.55. The van der Waals surface area contributed by atoms with Crippen molar-refractivity contribution in [2.75, 3.05) is 6.54 Å². The number of nitrogens with zero attached hydrogens (tertiary/aromatic N) is 1. The second-order valence-electron chi connectivity index (χ2n) is 4.59. The molecule has 2 rings (SSSR count). The zero-order chi connectivity index (χ0) is 13.3. The van der Waals surface area contributed by atoms with Crippen molar-refractivity contribution in [3.05, 3.63) is 23.7 Å². The first-order chi connectivity index (χ1) is 8.54. The summed E-state index contributed by atoms with van der Waals surface area (Å²) in [4.78, 5) is 24.8. The molecule has 0 radical (unpaired) electrons. The van der Waals surface area contributed by atoms with Crippen LogP contribution in [0.5, 0.6) is 0 Å². The Kier molecular flexibility index (Phi) is 3.41. The molecule has 2 atom stereocenters. The Balaban J connectivity index is 2.13. The van der Waals surface area contributed by atoms with Crippen LogP contribution in [0.1, 0.15) is 36.6 Å². The van der Waals surface area contributed by atoms with E-state index in [0.717, 1.165) is 12.2 Å². The summed E-state index contributed by atoms with van der Waals surface area (Å²) in [5.74, 6) is -0.475. The standard InChI is InChI=1S/C13H17NO4/c1-3-9-4-5-11(18-9)12(15)14-7-6-10(8(14)2)13(16)17/h4-5,8,10H,3,6-7H2,1-2H3,(H,16,17). The highest BCUT2D eigenvalue weighted by atomic mass is 16.4. The average molecular weight is 251 g/mol. The van der Waals surface area contributed by atoms with Gasteiger partial charge in [-0.05, 0) is 25.5 Å². The Hall–Kier alpha value is -1.78. The molecule has 2 unspecified atom stereocenters. The molecule has 1 fully saturated rings. The van der Waals surface area contributed by atoms with Gasteiger partial charge in [0.15, 0.2) is 5.76 Å². The summed E-state index contributed by atoms with van der Waals surface area (Å²) in [7, 11) is 0. The van der Waals surface area contributed by atoms with Gasteiger partial charge in [0.1, 0.15) is 5.76 Å². The van der Waals surface area contributed by atoms with E-state index in [4.69, 9.17) is 9.52 Å². The second kappa shape index (κ2) is 4.84. The lowest BCUT2D eigenvalue weighted by atomic mass is 10.0. The first-order valence-corrected chi connectivity index (χ1v) is 6.17. The molecule has 0 aliphatic carbocycles. The van der Waals surface area contributed by atoms with E-state index in [1.165, 1.54) is 0 Å². The van der Waals surface area contributed by atoms with Gasteiger partial charge in [-0.1, -0.05) is 6.92 Å². The maximum Gasteiger partial charge on any atom is 0.308 e. The van der Waals surface area contributed by atoms with Gasteiger partial charge < -0.3 is 14.4 Å². The van der Waals surface area contributed by atoms with E-state index in [-0.39, 0.29) is 11.9 Å². The first kappa shape index (κ1) is 12.7. The number of likely N-dealkylation sites (tertiary alicyclic amines) is 1. The minimum Gasteiger partial charge on any atom is -0.481 e. The molecule has 0 bridgehead atoms. The van der Waals surface area contributed by atoms with E-state index in [9.17, 15) is 9.59 Å². The van der Waals surface area contributed by atoms with Crippen LogP contribution in [0, 0.1) is 5.92 Å². The third kappa shape index (κ3) is 2.12. The predicted molar refractivity (Wildman–Crippen MR) is 64.3 cm³/mol. The Morgan fingerprint density at radius 1 is 1.50 bits per heavy atom. The van der Waals surface area contributed by atoms with Crippen LogP contribution in [0.3, 0.4) is 0 Å². The van der Waals surface area contributed by atoms with Crippen LogP contribution in [-0.4, -0.2) is 34.5 Å². The zero-order valence-corrected chi connectivity index (χ0v) is 10.5.